The zero-order valence-corrected chi connectivity index (χ0v) is 16.3. The van der Waals surface area contributed by atoms with E-state index in [1.165, 1.54) is 39.0 Å². The van der Waals surface area contributed by atoms with Crippen LogP contribution in [0.2, 0.25) is 0 Å². The first-order valence-electron chi connectivity index (χ1n) is 8.32. The molecule has 1 N–H and O–H groups in total. The Morgan fingerprint density at radius 1 is 1.00 bits per heavy atom. The minimum atomic E-state index is 0. The predicted molar refractivity (Wildman–Crippen MR) is 99.9 cm³/mol. The summed E-state index contributed by atoms with van der Waals surface area (Å²) in [5.41, 5.74) is 16.8. The molecule has 2 aliphatic carbocycles. The summed E-state index contributed by atoms with van der Waals surface area (Å²) in [5.74, 6) is 0. The number of hydrogen-bond acceptors (Lipinski definition) is 0. The van der Waals surface area contributed by atoms with Gasteiger partial charge in [-0.3, -0.25) is 0 Å². The SMILES string of the molecule is [NH-]CCC1=C/C(=C\c2cccc3c2C=CCC3)c2ccccc21.[Re]. The largest absolute Gasteiger partial charge is 0.677 e. The van der Waals surface area contributed by atoms with Crippen LogP contribution in [0.1, 0.15) is 40.7 Å². The Morgan fingerprint density at radius 2 is 1.83 bits per heavy atom. The van der Waals surface area contributed by atoms with Crippen molar-refractivity contribution in [2.24, 2.45) is 0 Å². The summed E-state index contributed by atoms with van der Waals surface area (Å²) in [6, 6.07) is 15.2. The summed E-state index contributed by atoms with van der Waals surface area (Å²) in [6.07, 6.45) is 12.2. The van der Waals surface area contributed by atoms with Crippen LogP contribution in [0.4, 0.5) is 0 Å². The van der Waals surface area contributed by atoms with Gasteiger partial charge in [-0.2, -0.15) is 0 Å². The zero-order valence-electron chi connectivity index (χ0n) is 13.6. The quantitative estimate of drug-likeness (QED) is 0.509. The van der Waals surface area contributed by atoms with Gasteiger partial charge in [-0.25, -0.2) is 0 Å². The second kappa shape index (κ2) is 7.45. The third-order valence-electron chi connectivity index (χ3n) is 4.71. The summed E-state index contributed by atoms with van der Waals surface area (Å²) in [5, 5.41) is 0. The Labute approximate surface area is 157 Å². The molecule has 2 aromatic rings. The molecule has 0 saturated heterocycles. The van der Waals surface area contributed by atoms with Crippen molar-refractivity contribution >= 4 is 23.3 Å². The van der Waals surface area contributed by atoms with Crippen molar-refractivity contribution in [1.82, 2.24) is 0 Å². The molecule has 0 amide bonds. The number of allylic oxidation sites excluding steroid dienone is 3. The van der Waals surface area contributed by atoms with Crippen LogP contribution in [0.3, 0.4) is 0 Å². The fourth-order valence-electron chi connectivity index (χ4n) is 3.61. The van der Waals surface area contributed by atoms with Gasteiger partial charge in [0, 0.05) is 20.4 Å². The van der Waals surface area contributed by atoms with Crippen LogP contribution < -0.4 is 0 Å². The molecule has 0 heterocycles. The Morgan fingerprint density at radius 3 is 2.67 bits per heavy atom. The summed E-state index contributed by atoms with van der Waals surface area (Å²) < 4.78 is 0. The molecule has 0 saturated carbocycles. The average Bonchev–Trinajstić information content (AvgIpc) is 2.94. The summed E-state index contributed by atoms with van der Waals surface area (Å²) in [4.78, 5) is 0. The van der Waals surface area contributed by atoms with E-state index in [9.17, 15) is 0 Å². The van der Waals surface area contributed by atoms with Crippen LogP contribution in [0, 0.1) is 0 Å². The minimum absolute atomic E-state index is 0. The fraction of sp³-hybridized carbons (Fsp3) is 0.182. The molecule has 1 nitrogen and oxygen atoms in total. The fourth-order valence-corrected chi connectivity index (χ4v) is 3.61. The van der Waals surface area contributed by atoms with Crippen LogP contribution in [0.25, 0.3) is 29.0 Å². The zero-order chi connectivity index (χ0) is 15.6. The Kier molecular flexibility index (Phi) is 5.31. The topological polar surface area (TPSA) is 23.8 Å². The monoisotopic (exact) mass is 485 g/mol. The molecule has 0 fully saturated rings. The van der Waals surface area contributed by atoms with Gasteiger partial charge in [0.1, 0.15) is 0 Å². The molecule has 0 bridgehead atoms. The second-order valence-electron chi connectivity index (χ2n) is 6.18. The third kappa shape index (κ3) is 3.10. The van der Waals surface area contributed by atoms with E-state index in [0.29, 0.717) is 6.54 Å². The molecule has 2 heteroatoms. The van der Waals surface area contributed by atoms with Crippen LogP contribution in [0.15, 0.2) is 54.6 Å². The van der Waals surface area contributed by atoms with Gasteiger partial charge < -0.3 is 5.73 Å². The number of benzene rings is 2. The van der Waals surface area contributed by atoms with E-state index in [1.54, 1.807) is 0 Å². The van der Waals surface area contributed by atoms with Crippen LogP contribution in [-0.2, 0) is 26.8 Å². The van der Waals surface area contributed by atoms with E-state index in [4.69, 9.17) is 5.73 Å². The smallest absolute Gasteiger partial charge is 0 e. The Bertz CT molecular complexity index is 843. The van der Waals surface area contributed by atoms with Crippen molar-refractivity contribution in [2.75, 3.05) is 6.54 Å². The first-order valence-corrected chi connectivity index (χ1v) is 8.32. The Balaban J connectivity index is 0.00000169. The van der Waals surface area contributed by atoms with E-state index in [-0.39, 0.29) is 20.4 Å². The molecule has 2 aliphatic rings. The van der Waals surface area contributed by atoms with Gasteiger partial charge in [0.2, 0.25) is 0 Å². The average molecular weight is 485 g/mol. The molecule has 0 atom stereocenters. The van der Waals surface area contributed by atoms with Gasteiger partial charge in [0.25, 0.3) is 0 Å². The van der Waals surface area contributed by atoms with Gasteiger partial charge in [0.15, 0.2) is 0 Å². The molecule has 0 aromatic heterocycles. The Hall–Kier alpha value is -1.72. The van der Waals surface area contributed by atoms with Crippen molar-refractivity contribution < 1.29 is 20.4 Å². The second-order valence-corrected chi connectivity index (χ2v) is 6.18. The van der Waals surface area contributed by atoms with Crippen LogP contribution in [-0.4, -0.2) is 6.54 Å². The number of fused-ring (bicyclic) bond motifs is 2. The van der Waals surface area contributed by atoms with Gasteiger partial charge >= 0.3 is 0 Å². The van der Waals surface area contributed by atoms with Crippen molar-refractivity contribution in [3.63, 3.8) is 0 Å². The third-order valence-corrected chi connectivity index (χ3v) is 4.71. The van der Waals surface area contributed by atoms with Gasteiger partial charge in [-0.15, -0.1) is 6.54 Å². The van der Waals surface area contributed by atoms with Crippen LogP contribution in [0.5, 0.6) is 0 Å². The summed E-state index contributed by atoms with van der Waals surface area (Å²) >= 11 is 0. The van der Waals surface area contributed by atoms with Gasteiger partial charge in [-0.05, 0) is 64.3 Å². The molecule has 1 radical (unpaired) electrons. The maximum absolute atomic E-state index is 7.55. The number of hydrogen-bond donors (Lipinski definition) is 0. The van der Waals surface area contributed by atoms with Crippen molar-refractivity contribution in [2.45, 2.75) is 19.3 Å². The number of rotatable bonds is 3. The molecule has 0 spiro atoms. The van der Waals surface area contributed by atoms with E-state index < -0.39 is 0 Å². The van der Waals surface area contributed by atoms with E-state index >= 15 is 0 Å². The molecule has 24 heavy (non-hydrogen) atoms. The van der Waals surface area contributed by atoms with Gasteiger partial charge in [0.05, 0.1) is 0 Å². The number of nitrogens with one attached hydrogen (secondary N) is 1. The molecule has 4 rings (SSSR count). The van der Waals surface area contributed by atoms with E-state index in [2.05, 4.69) is 66.8 Å². The van der Waals surface area contributed by atoms with Crippen molar-refractivity contribution in [3.8, 4) is 0 Å². The minimum Gasteiger partial charge on any atom is -0.677 e. The standard InChI is InChI=1S/C22H20N.Re/c23-13-12-18-15-19(22-11-4-3-10-21(18)22)14-17-8-5-7-16-6-1-2-9-20(16)17;/h2-5,7-11,14-15,23H,1,6,12-13H2;/q-1;/b19-14+;. The molecule has 2 aromatic carbocycles. The number of aryl methyl sites for hydroxylation is 1. The summed E-state index contributed by atoms with van der Waals surface area (Å²) in [6.45, 7) is 0.441. The van der Waals surface area contributed by atoms with Crippen molar-refractivity contribution in [3.05, 3.63) is 88.2 Å². The molecule has 0 unspecified atom stereocenters. The molecule has 121 valence electrons. The van der Waals surface area contributed by atoms with Crippen LogP contribution >= 0.6 is 0 Å². The maximum Gasteiger partial charge on any atom is 0 e. The van der Waals surface area contributed by atoms with Crippen molar-refractivity contribution in [1.29, 1.82) is 0 Å². The maximum atomic E-state index is 7.55. The predicted octanol–water partition coefficient (Wildman–Crippen LogP) is 6.02. The molecular weight excluding hydrogens is 464 g/mol. The normalized spacial score (nSPS) is 16.4. The van der Waals surface area contributed by atoms with Gasteiger partial charge in [-0.1, -0.05) is 60.7 Å². The summed E-state index contributed by atoms with van der Waals surface area (Å²) in [7, 11) is 0. The molecule has 0 aliphatic heterocycles. The molecular formula is C22H20NRe-. The first-order chi connectivity index (χ1) is 11.4. The first kappa shape index (κ1) is 17.1. The van der Waals surface area contributed by atoms with E-state index in [1.807, 2.05) is 0 Å². The van der Waals surface area contributed by atoms with E-state index in [0.717, 1.165) is 19.3 Å².